The van der Waals surface area contributed by atoms with Gasteiger partial charge < -0.3 is 10.2 Å². The summed E-state index contributed by atoms with van der Waals surface area (Å²) in [4.78, 5) is 30.6. The molecule has 0 heterocycles. The molecule has 1 fully saturated rings. The molecule has 2 amide bonds. The van der Waals surface area contributed by atoms with Crippen molar-refractivity contribution in [1.29, 1.82) is 0 Å². The standard InChI is InChI=1S/C38H40Cl3N3O4S/c1-26-13-19-33(20-14-26)49(47,48)44(35-23-31(40)17-15-27(35)2)25-37(45)43(24-29-16-18-30(39)22-34(29)41)36(21-28-9-5-3-6-10-28)38(46)42-32-11-7-4-8-12-32/h3,5-6,9-10,13-20,22-23,32,36H,4,7-8,11-12,21,24-25H2,1-2H3,(H,42,46). The molecule has 0 aromatic heterocycles. The van der Waals surface area contributed by atoms with Crippen LogP contribution in [0.1, 0.15) is 54.4 Å². The number of amides is 2. The maximum Gasteiger partial charge on any atom is 0.264 e. The predicted octanol–water partition coefficient (Wildman–Crippen LogP) is 8.55. The molecule has 1 aliphatic carbocycles. The molecule has 11 heteroatoms. The second-order valence-electron chi connectivity index (χ2n) is 12.6. The molecule has 0 spiro atoms. The molecule has 7 nitrogen and oxygen atoms in total. The summed E-state index contributed by atoms with van der Waals surface area (Å²) in [5.41, 5.74) is 3.17. The Morgan fingerprint density at radius 2 is 1.49 bits per heavy atom. The first-order valence-corrected chi connectivity index (χ1v) is 18.9. The molecule has 1 aliphatic rings. The smallest absolute Gasteiger partial charge is 0.264 e. The summed E-state index contributed by atoms with van der Waals surface area (Å²) in [7, 11) is -4.27. The monoisotopic (exact) mass is 739 g/mol. The van der Waals surface area contributed by atoms with Crippen LogP contribution in [0.4, 0.5) is 5.69 Å². The van der Waals surface area contributed by atoms with Gasteiger partial charge in [0.05, 0.1) is 10.6 Å². The van der Waals surface area contributed by atoms with Gasteiger partial charge in [-0.25, -0.2) is 8.42 Å². The highest BCUT2D eigenvalue weighted by Crippen LogP contribution is 2.31. The van der Waals surface area contributed by atoms with Gasteiger partial charge in [0.25, 0.3) is 10.0 Å². The molecule has 5 rings (SSSR count). The van der Waals surface area contributed by atoms with Gasteiger partial charge in [0.1, 0.15) is 12.6 Å². The van der Waals surface area contributed by atoms with E-state index in [0.717, 1.165) is 47.5 Å². The van der Waals surface area contributed by atoms with Gasteiger partial charge in [0.2, 0.25) is 11.8 Å². The van der Waals surface area contributed by atoms with Crippen molar-refractivity contribution in [2.75, 3.05) is 10.8 Å². The van der Waals surface area contributed by atoms with Crippen LogP contribution in [0.3, 0.4) is 0 Å². The van der Waals surface area contributed by atoms with E-state index in [9.17, 15) is 18.0 Å². The van der Waals surface area contributed by atoms with Crippen molar-refractivity contribution in [3.05, 3.63) is 128 Å². The van der Waals surface area contributed by atoms with Crippen LogP contribution in [0.2, 0.25) is 15.1 Å². The maximum absolute atomic E-state index is 14.8. The van der Waals surface area contributed by atoms with E-state index in [4.69, 9.17) is 34.8 Å². The Hall–Kier alpha value is -3.56. The third-order valence-corrected chi connectivity index (χ3v) is 11.5. The number of hydrogen-bond donors (Lipinski definition) is 1. The molecular formula is C38H40Cl3N3O4S. The number of halogens is 3. The molecule has 4 aromatic rings. The summed E-state index contributed by atoms with van der Waals surface area (Å²) >= 11 is 19.2. The summed E-state index contributed by atoms with van der Waals surface area (Å²) in [5.74, 6) is -0.887. The summed E-state index contributed by atoms with van der Waals surface area (Å²) in [5, 5.41) is 4.28. The average molecular weight is 741 g/mol. The number of sulfonamides is 1. The number of nitrogens with one attached hydrogen (secondary N) is 1. The van der Waals surface area contributed by atoms with Crippen molar-refractivity contribution < 1.29 is 18.0 Å². The highest BCUT2D eigenvalue weighted by Gasteiger charge is 2.36. The Labute approximate surface area is 304 Å². The quantitative estimate of drug-likeness (QED) is 0.158. The Kier molecular flexibility index (Phi) is 12.3. The van der Waals surface area contributed by atoms with Crippen molar-refractivity contribution in [3.8, 4) is 0 Å². The van der Waals surface area contributed by atoms with Gasteiger partial charge >= 0.3 is 0 Å². The zero-order chi connectivity index (χ0) is 35.1. The zero-order valence-corrected chi connectivity index (χ0v) is 30.6. The molecule has 1 atom stereocenters. The lowest BCUT2D eigenvalue weighted by atomic mass is 9.94. The highest BCUT2D eigenvalue weighted by atomic mass is 35.5. The number of benzene rings is 4. The molecule has 0 saturated heterocycles. The lowest BCUT2D eigenvalue weighted by molar-refractivity contribution is -0.140. The molecule has 258 valence electrons. The van der Waals surface area contributed by atoms with Crippen LogP contribution in [-0.4, -0.2) is 43.8 Å². The van der Waals surface area contributed by atoms with Gasteiger partial charge in [-0.15, -0.1) is 0 Å². The number of aryl methyl sites for hydroxylation is 2. The first-order chi connectivity index (χ1) is 23.4. The molecule has 0 radical (unpaired) electrons. The van der Waals surface area contributed by atoms with E-state index < -0.39 is 28.5 Å². The van der Waals surface area contributed by atoms with Gasteiger partial charge in [-0.3, -0.25) is 13.9 Å². The van der Waals surface area contributed by atoms with Crippen LogP contribution in [0, 0.1) is 13.8 Å². The number of rotatable bonds is 12. The summed E-state index contributed by atoms with van der Waals surface area (Å²) in [6.07, 6.45) is 5.07. The molecule has 1 saturated carbocycles. The van der Waals surface area contributed by atoms with E-state index in [1.54, 1.807) is 49.4 Å². The largest absolute Gasteiger partial charge is 0.352 e. The number of carbonyl (C=O) groups is 2. The fourth-order valence-corrected chi connectivity index (χ4v) is 8.24. The predicted molar refractivity (Wildman–Crippen MR) is 198 cm³/mol. The second kappa shape index (κ2) is 16.4. The fourth-order valence-electron chi connectivity index (χ4n) is 6.13. The molecule has 1 N–H and O–H groups in total. The molecular weight excluding hydrogens is 701 g/mol. The van der Waals surface area contributed by atoms with Gasteiger partial charge in [-0.1, -0.05) is 114 Å². The number of nitrogens with zero attached hydrogens (tertiary/aromatic N) is 2. The third kappa shape index (κ3) is 9.37. The topological polar surface area (TPSA) is 86.8 Å². The second-order valence-corrected chi connectivity index (χ2v) is 15.7. The van der Waals surface area contributed by atoms with E-state index in [2.05, 4.69) is 5.32 Å². The number of hydrogen-bond acceptors (Lipinski definition) is 4. The minimum Gasteiger partial charge on any atom is -0.352 e. The fraction of sp³-hybridized carbons (Fsp3) is 0.316. The summed E-state index contributed by atoms with van der Waals surface area (Å²) < 4.78 is 29.8. The molecule has 4 aromatic carbocycles. The number of carbonyl (C=O) groups excluding carboxylic acids is 2. The molecule has 1 unspecified atom stereocenters. The Balaban J connectivity index is 1.60. The Morgan fingerprint density at radius 3 is 2.16 bits per heavy atom. The Bertz CT molecular complexity index is 1880. The van der Waals surface area contributed by atoms with Crippen molar-refractivity contribution in [3.63, 3.8) is 0 Å². The summed E-state index contributed by atoms with van der Waals surface area (Å²) in [6.45, 7) is 2.97. The van der Waals surface area contributed by atoms with Gasteiger partial charge in [-0.05, 0) is 79.8 Å². The van der Waals surface area contributed by atoms with Crippen LogP contribution in [-0.2, 0) is 32.6 Å². The van der Waals surface area contributed by atoms with Crippen LogP contribution in [0.25, 0.3) is 0 Å². The first kappa shape index (κ1) is 36.7. The molecule has 0 bridgehead atoms. The van der Waals surface area contributed by atoms with Gasteiger partial charge in [0, 0.05) is 34.1 Å². The van der Waals surface area contributed by atoms with Crippen LogP contribution in [0.5, 0.6) is 0 Å². The van der Waals surface area contributed by atoms with E-state index in [-0.39, 0.29) is 35.5 Å². The average Bonchev–Trinajstić information content (AvgIpc) is 3.08. The zero-order valence-electron chi connectivity index (χ0n) is 27.5. The van der Waals surface area contributed by atoms with Crippen molar-refractivity contribution in [2.24, 2.45) is 0 Å². The normalized spacial score (nSPS) is 14.2. The third-order valence-electron chi connectivity index (χ3n) is 8.91. The SMILES string of the molecule is Cc1ccc(S(=O)(=O)N(CC(=O)N(Cc2ccc(Cl)cc2Cl)C(Cc2ccccc2)C(=O)NC2CCCCC2)c2cc(Cl)ccc2C)cc1. The lowest BCUT2D eigenvalue weighted by Gasteiger charge is -2.35. The van der Waals surface area contributed by atoms with E-state index >= 15 is 0 Å². The molecule has 0 aliphatic heterocycles. The minimum absolute atomic E-state index is 0.0110. The van der Waals surface area contributed by atoms with Crippen LogP contribution < -0.4 is 9.62 Å². The van der Waals surface area contributed by atoms with Gasteiger partial charge in [-0.2, -0.15) is 0 Å². The van der Waals surface area contributed by atoms with E-state index in [0.29, 0.717) is 26.2 Å². The first-order valence-electron chi connectivity index (χ1n) is 16.4. The van der Waals surface area contributed by atoms with Gasteiger partial charge in [0.15, 0.2) is 0 Å². The summed E-state index contributed by atoms with van der Waals surface area (Å²) in [6, 6.07) is 24.8. The van der Waals surface area contributed by atoms with Crippen molar-refractivity contribution in [2.45, 2.75) is 75.9 Å². The Morgan fingerprint density at radius 1 is 0.837 bits per heavy atom. The van der Waals surface area contributed by atoms with Crippen LogP contribution in [0.15, 0.2) is 95.9 Å². The van der Waals surface area contributed by atoms with Crippen molar-refractivity contribution >= 4 is 62.3 Å². The number of anilines is 1. The van der Waals surface area contributed by atoms with Crippen molar-refractivity contribution in [1.82, 2.24) is 10.2 Å². The van der Waals surface area contributed by atoms with E-state index in [1.807, 2.05) is 37.3 Å². The van der Waals surface area contributed by atoms with E-state index in [1.165, 1.54) is 23.1 Å². The molecule has 49 heavy (non-hydrogen) atoms. The maximum atomic E-state index is 14.8. The van der Waals surface area contributed by atoms with Crippen LogP contribution >= 0.6 is 34.8 Å². The highest BCUT2D eigenvalue weighted by molar-refractivity contribution is 7.92. The minimum atomic E-state index is -4.27. The lowest BCUT2D eigenvalue weighted by Crippen LogP contribution is -2.55.